The number of aromatic nitrogens is 2. The van der Waals surface area contributed by atoms with Crippen LogP contribution in [0, 0.1) is 6.92 Å². The van der Waals surface area contributed by atoms with Gasteiger partial charge < -0.3 is 19.8 Å². The van der Waals surface area contributed by atoms with Crippen molar-refractivity contribution in [3.8, 4) is 22.8 Å². The topological polar surface area (TPSA) is 62.3 Å². The summed E-state index contributed by atoms with van der Waals surface area (Å²) in [7, 11) is 5.25. The summed E-state index contributed by atoms with van der Waals surface area (Å²) in [5.41, 5.74) is 9.51. The zero-order valence-corrected chi connectivity index (χ0v) is 11.7. The molecule has 0 amide bonds. The van der Waals surface area contributed by atoms with Crippen molar-refractivity contribution >= 4 is 0 Å². The van der Waals surface area contributed by atoms with Crippen LogP contribution >= 0.6 is 0 Å². The highest BCUT2D eigenvalue weighted by Crippen LogP contribution is 2.38. The summed E-state index contributed by atoms with van der Waals surface area (Å²) < 4.78 is 12.8. The highest BCUT2D eigenvalue weighted by Gasteiger charge is 2.18. The quantitative estimate of drug-likeness (QED) is 0.912. The van der Waals surface area contributed by atoms with E-state index in [1.807, 2.05) is 30.7 Å². The van der Waals surface area contributed by atoms with Crippen molar-refractivity contribution in [1.82, 2.24) is 9.55 Å². The van der Waals surface area contributed by atoms with Crippen LogP contribution in [0.2, 0.25) is 0 Å². The van der Waals surface area contributed by atoms with Crippen LogP contribution in [0.1, 0.15) is 11.3 Å². The lowest BCUT2D eigenvalue weighted by atomic mass is 10.0. The first-order valence-electron chi connectivity index (χ1n) is 6.06. The van der Waals surface area contributed by atoms with Gasteiger partial charge in [-0.2, -0.15) is 0 Å². The van der Waals surface area contributed by atoms with Gasteiger partial charge in [0.2, 0.25) is 0 Å². The monoisotopic (exact) mass is 261 g/mol. The standard InChI is InChI=1S/C14H19N3O2/c1-9-12(18-3)6-5-10(14(9)19-4)13-11(7-15)16-8-17(13)2/h5-6,8H,7,15H2,1-4H3. The Kier molecular flexibility index (Phi) is 3.76. The maximum atomic E-state index is 5.75. The molecule has 0 bridgehead atoms. The normalized spacial score (nSPS) is 10.6. The Morgan fingerprint density at radius 1 is 1.26 bits per heavy atom. The molecular weight excluding hydrogens is 242 g/mol. The molecule has 0 saturated heterocycles. The Morgan fingerprint density at radius 2 is 2.00 bits per heavy atom. The molecule has 0 spiro atoms. The molecular formula is C14H19N3O2. The Bertz CT molecular complexity index is 591. The van der Waals surface area contributed by atoms with E-state index < -0.39 is 0 Å². The van der Waals surface area contributed by atoms with E-state index >= 15 is 0 Å². The molecule has 0 saturated carbocycles. The first kappa shape index (κ1) is 13.4. The fourth-order valence-corrected chi connectivity index (χ4v) is 2.32. The molecule has 2 rings (SSSR count). The minimum atomic E-state index is 0.393. The maximum absolute atomic E-state index is 5.75. The van der Waals surface area contributed by atoms with Gasteiger partial charge in [0.05, 0.1) is 31.9 Å². The fraction of sp³-hybridized carbons (Fsp3) is 0.357. The van der Waals surface area contributed by atoms with Gasteiger partial charge in [-0.25, -0.2) is 4.98 Å². The molecule has 0 unspecified atom stereocenters. The van der Waals surface area contributed by atoms with Gasteiger partial charge in [0, 0.05) is 24.7 Å². The van der Waals surface area contributed by atoms with Crippen LogP contribution in [-0.4, -0.2) is 23.8 Å². The third kappa shape index (κ3) is 2.17. The minimum absolute atomic E-state index is 0.393. The molecule has 0 aliphatic rings. The Labute approximate surface area is 113 Å². The number of aryl methyl sites for hydroxylation is 1. The van der Waals surface area contributed by atoms with Gasteiger partial charge in [-0.1, -0.05) is 0 Å². The van der Waals surface area contributed by atoms with Gasteiger partial charge in [0.1, 0.15) is 11.5 Å². The van der Waals surface area contributed by atoms with Crippen molar-refractivity contribution in [2.24, 2.45) is 12.8 Å². The van der Waals surface area contributed by atoms with Gasteiger partial charge in [-0.15, -0.1) is 0 Å². The molecule has 0 fully saturated rings. The van der Waals surface area contributed by atoms with Crippen LogP contribution in [-0.2, 0) is 13.6 Å². The molecule has 1 heterocycles. The van der Waals surface area contributed by atoms with Crippen molar-refractivity contribution in [3.63, 3.8) is 0 Å². The average Bonchev–Trinajstić information content (AvgIpc) is 2.79. The SMILES string of the molecule is COc1ccc(-c2c(CN)ncn2C)c(OC)c1C. The van der Waals surface area contributed by atoms with E-state index in [0.717, 1.165) is 34.0 Å². The number of benzene rings is 1. The van der Waals surface area contributed by atoms with Gasteiger partial charge in [-0.3, -0.25) is 0 Å². The summed E-state index contributed by atoms with van der Waals surface area (Å²) in [5, 5.41) is 0. The van der Waals surface area contributed by atoms with Gasteiger partial charge in [-0.05, 0) is 19.1 Å². The lowest BCUT2D eigenvalue weighted by Crippen LogP contribution is -2.03. The summed E-state index contributed by atoms with van der Waals surface area (Å²) in [5.74, 6) is 1.59. The first-order chi connectivity index (χ1) is 9.13. The number of ether oxygens (including phenoxy) is 2. The number of hydrogen-bond donors (Lipinski definition) is 1. The summed E-state index contributed by atoms with van der Waals surface area (Å²) in [6.07, 6.45) is 1.76. The number of imidazole rings is 1. The van der Waals surface area contributed by atoms with E-state index in [9.17, 15) is 0 Å². The molecule has 0 aliphatic carbocycles. The van der Waals surface area contributed by atoms with E-state index in [4.69, 9.17) is 15.2 Å². The van der Waals surface area contributed by atoms with Gasteiger partial charge >= 0.3 is 0 Å². The van der Waals surface area contributed by atoms with Crippen LogP contribution in [0.3, 0.4) is 0 Å². The molecule has 0 aliphatic heterocycles. The summed E-state index contributed by atoms with van der Waals surface area (Å²) in [6.45, 7) is 2.37. The number of nitrogens with two attached hydrogens (primary N) is 1. The van der Waals surface area contributed by atoms with E-state index in [-0.39, 0.29) is 0 Å². The van der Waals surface area contributed by atoms with E-state index in [1.54, 1.807) is 20.5 Å². The third-order valence-electron chi connectivity index (χ3n) is 3.24. The highest BCUT2D eigenvalue weighted by molar-refractivity contribution is 5.73. The third-order valence-corrected chi connectivity index (χ3v) is 3.24. The minimum Gasteiger partial charge on any atom is -0.496 e. The molecule has 2 N–H and O–H groups in total. The molecule has 0 atom stereocenters. The zero-order valence-electron chi connectivity index (χ0n) is 11.7. The maximum Gasteiger partial charge on any atom is 0.134 e. The van der Waals surface area contributed by atoms with E-state index in [0.29, 0.717) is 6.54 Å². The smallest absolute Gasteiger partial charge is 0.134 e. The van der Waals surface area contributed by atoms with Gasteiger partial charge in [0.15, 0.2) is 0 Å². The van der Waals surface area contributed by atoms with Gasteiger partial charge in [0.25, 0.3) is 0 Å². The second-order valence-electron chi connectivity index (χ2n) is 4.33. The summed E-state index contributed by atoms with van der Waals surface area (Å²) in [4.78, 5) is 4.31. The van der Waals surface area contributed by atoms with Crippen LogP contribution in [0.4, 0.5) is 0 Å². The lowest BCUT2D eigenvalue weighted by molar-refractivity contribution is 0.389. The zero-order chi connectivity index (χ0) is 14.0. The predicted octanol–water partition coefficient (Wildman–Crippen LogP) is 1.87. The number of nitrogens with zero attached hydrogens (tertiary/aromatic N) is 2. The summed E-state index contributed by atoms with van der Waals surface area (Å²) >= 11 is 0. The molecule has 0 radical (unpaired) electrons. The van der Waals surface area contributed by atoms with Crippen molar-refractivity contribution in [2.75, 3.05) is 14.2 Å². The average molecular weight is 261 g/mol. The summed E-state index contributed by atoms with van der Waals surface area (Å²) in [6, 6.07) is 3.90. The Hall–Kier alpha value is -2.01. The van der Waals surface area contributed by atoms with Crippen LogP contribution < -0.4 is 15.2 Å². The van der Waals surface area contributed by atoms with Crippen molar-refractivity contribution in [2.45, 2.75) is 13.5 Å². The molecule has 1 aromatic heterocycles. The predicted molar refractivity (Wildman–Crippen MR) is 74.4 cm³/mol. The molecule has 2 aromatic rings. The number of hydrogen-bond acceptors (Lipinski definition) is 4. The molecule has 19 heavy (non-hydrogen) atoms. The van der Waals surface area contributed by atoms with Crippen molar-refractivity contribution < 1.29 is 9.47 Å². The Morgan fingerprint density at radius 3 is 2.58 bits per heavy atom. The van der Waals surface area contributed by atoms with Crippen LogP contribution in [0.15, 0.2) is 18.5 Å². The Balaban J connectivity index is 2.68. The van der Waals surface area contributed by atoms with Crippen molar-refractivity contribution in [3.05, 3.63) is 29.7 Å². The molecule has 5 nitrogen and oxygen atoms in total. The highest BCUT2D eigenvalue weighted by atomic mass is 16.5. The molecule has 5 heteroatoms. The second-order valence-corrected chi connectivity index (χ2v) is 4.33. The van der Waals surface area contributed by atoms with E-state index in [1.165, 1.54) is 0 Å². The van der Waals surface area contributed by atoms with Crippen molar-refractivity contribution in [1.29, 1.82) is 0 Å². The lowest BCUT2D eigenvalue weighted by Gasteiger charge is -2.15. The first-order valence-corrected chi connectivity index (χ1v) is 6.06. The fourth-order valence-electron chi connectivity index (χ4n) is 2.32. The van der Waals surface area contributed by atoms with Crippen LogP contribution in [0.5, 0.6) is 11.5 Å². The number of rotatable bonds is 4. The molecule has 1 aromatic carbocycles. The molecule has 102 valence electrons. The largest absolute Gasteiger partial charge is 0.496 e. The second kappa shape index (κ2) is 5.32. The van der Waals surface area contributed by atoms with Crippen LogP contribution in [0.25, 0.3) is 11.3 Å². The van der Waals surface area contributed by atoms with E-state index in [2.05, 4.69) is 4.98 Å². The number of methoxy groups -OCH3 is 2.